The molecule has 2 aromatic rings. The lowest BCUT2D eigenvalue weighted by molar-refractivity contribution is 0.102. The molecule has 0 atom stereocenters. The van der Waals surface area contributed by atoms with Crippen molar-refractivity contribution in [1.82, 2.24) is 9.78 Å². The van der Waals surface area contributed by atoms with Crippen LogP contribution < -0.4 is 0 Å². The maximum Gasteiger partial charge on any atom is 0.211 e. The number of rotatable bonds is 3. The second-order valence-corrected chi connectivity index (χ2v) is 5.06. The third kappa shape index (κ3) is 2.08. The fourth-order valence-corrected chi connectivity index (χ4v) is 2.37. The van der Waals surface area contributed by atoms with E-state index in [-0.39, 0.29) is 11.8 Å². The number of carbonyl (C=O) groups excluding carboxylic acids is 1. The maximum atomic E-state index is 12.5. The number of ether oxygens (including phenoxy) is 1. The van der Waals surface area contributed by atoms with Crippen LogP contribution in [0.3, 0.4) is 0 Å². The summed E-state index contributed by atoms with van der Waals surface area (Å²) in [6, 6.07) is 7.72. The molecule has 1 aliphatic heterocycles. The highest BCUT2D eigenvalue weighted by Gasteiger charge is 2.18. The van der Waals surface area contributed by atoms with Crippen LogP contribution in [0.25, 0.3) is 0 Å². The summed E-state index contributed by atoms with van der Waals surface area (Å²) in [6.45, 7) is 5.27. The van der Waals surface area contributed by atoms with E-state index in [4.69, 9.17) is 4.74 Å². The lowest BCUT2D eigenvalue weighted by Crippen LogP contribution is -2.13. The molecule has 0 fully saturated rings. The average molecular weight is 256 g/mol. The van der Waals surface area contributed by atoms with Crippen LogP contribution in [0.4, 0.5) is 0 Å². The standard InChI is InChI=1S/C15H16N2O2/c1-10(2)17-14(5-6-16-17)15(18)11-3-4-12-8-19-9-13(12)7-11/h3-7,10H,8-9H2,1-2H3. The summed E-state index contributed by atoms with van der Waals surface area (Å²) in [5.41, 5.74) is 3.62. The molecule has 1 aliphatic rings. The van der Waals surface area contributed by atoms with Crippen molar-refractivity contribution in [3.8, 4) is 0 Å². The molecular formula is C15H16N2O2. The predicted molar refractivity (Wildman–Crippen MR) is 71.0 cm³/mol. The fourth-order valence-electron chi connectivity index (χ4n) is 2.37. The van der Waals surface area contributed by atoms with Crippen LogP contribution in [0.15, 0.2) is 30.5 Å². The monoisotopic (exact) mass is 256 g/mol. The van der Waals surface area contributed by atoms with E-state index in [0.29, 0.717) is 24.5 Å². The van der Waals surface area contributed by atoms with Gasteiger partial charge in [0.15, 0.2) is 0 Å². The summed E-state index contributed by atoms with van der Waals surface area (Å²) in [4.78, 5) is 12.5. The first-order valence-corrected chi connectivity index (χ1v) is 6.44. The smallest absolute Gasteiger partial charge is 0.211 e. The van der Waals surface area contributed by atoms with Gasteiger partial charge in [-0.3, -0.25) is 9.48 Å². The second kappa shape index (κ2) is 4.63. The third-order valence-electron chi connectivity index (χ3n) is 3.38. The number of aromatic nitrogens is 2. The van der Waals surface area contributed by atoms with E-state index in [2.05, 4.69) is 5.10 Å². The Labute approximate surface area is 112 Å². The number of ketones is 1. The van der Waals surface area contributed by atoms with Gasteiger partial charge in [0.25, 0.3) is 0 Å². The van der Waals surface area contributed by atoms with Gasteiger partial charge in [0.05, 0.1) is 13.2 Å². The van der Waals surface area contributed by atoms with Gasteiger partial charge >= 0.3 is 0 Å². The number of nitrogens with zero attached hydrogens (tertiary/aromatic N) is 2. The van der Waals surface area contributed by atoms with E-state index in [1.54, 1.807) is 16.9 Å². The molecule has 0 unspecified atom stereocenters. The minimum Gasteiger partial charge on any atom is -0.372 e. The second-order valence-electron chi connectivity index (χ2n) is 5.06. The molecule has 1 aromatic carbocycles. The van der Waals surface area contributed by atoms with Crippen molar-refractivity contribution in [3.63, 3.8) is 0 Å². The number of fused-ring (bicyclic) bond motifs is 1. The Morgan fingerprint density at radius 1 is 1.26 bits per heavy atom. The molecule has 0 N–H and O–H groups in total. The SMILES string of the molecule is CC(C)n1nccc1C(=O)c1ccc2c(c1)COC2. The van der Waals surface area contributed by atoms with Crippen molar-refractivity contribution in [2.75, 3.05) is 0 Å². The molecule has 0 radical (unpaired) electrons. The van der Waals surface area contributed by atoms with Crippen molar-refractivity contribution in [2.45, 2.75) is 33.1 Å². The first-order valence-electron chi connectivity index (χ1n) is 6.44. The Hall–Kier alpha value is -1.94. The molecular weight excluding hydrogens is 240 g/mol. The lowest BCUT2D eigenvalue weighted by atomic mass is 10.0. The molecule has 2 heterocycles. The van der Waals surface area contributed by atoms with Crippen molar-refractivity contribution < 1.29 is 9.53 Å². The zero-order valence-electron chi connectivity index (χ0n) is 11.1. The highest BCUT2D eigenvalue weighted by Crippen LogP contribution is 2.22. The molecule has 0 saturated carbocycles. The van der Waals surface area contributed by atoms with Crippen LogP contribution in [0.2, 0.25) is 0 Å². The van der Waals surface area contributed by atoms with E-state index >= 15 is 0 Å². The van der Waals surface area contributed by atoms with Gasteiger partial charge in [-0.25, -0.2) is 0 Å². The molecule has 3 rings (SSSR count). The molecule has 19 heavy (non-hydrogen) atoms. The summed E-state index contributed by atoms with van der Waals surface area (Å²) in [5, 5.41) is 4.21. The van der Waals surface area contributed by atoms with Crippen molar-refractivity contribution in [1.29, 1.82) is 0 Å². The van der Waals surface area contributed by atoms with Gasteiger partial charge in [-0.15, -0.1) is 0 Å². The van der Waals surface area contributed by atoms with Gasteiger partial charge in [0, 0.05) is 17.8 Å². The van der Waals surface area contributed by atoms with Gasteiger partial charge < -0.3 is 4.74 Å². The third-order valence-corrected chi connectivity index (χ3v) is 3.38. The number of benzene rings is 1. The van der Waals surface area contributed by atoms with Crippen LogP contribution in [0.5, 0.6) is 0 Å². The summed E-state index contributed by atoms with van der Waals surface area (Å²) < 4.78 is 7.13. The van der Waals surface area contributed by atoms with E-state index in [1.807, 2.05) is 32.0 Å². The number of hydrogen-bond acceptors (Lipinski definition) is 3. The molecule has 0 spiro atoms. The van der Waals surface area contributed by atoms with Crippen molar-refractivity contribution in [2.24, 2.45) is 0 Å². The normalized spacial score (nSPS) is 13.8. The van der Waals surface area contributed by atoms with Gasteiger partial charge in [0.1, 0.15) is 5.69 Å². The zero-order valence-corrected chi connectivity index (χ0v) is 11.1. The first kappa shape index (κ1) is 12.1. The molecule has 0 saturated heterocycles. The largest absolute Gasteiger partial charge is 0.372 e. The Bertz CT molecular complexity index is 629. The fraction of sp³-hybridized carbons (Fsp3) is 0.333. The Kier molecular flexibility index (Phi) is 2.95. The van der Waals surface area contributed by atoms with Crippen LogP contribution >= 0.6 is 0 Å². The Balaban J connectivity index is 1.98. The molecule has 4 nitrogen and oxygen atoms in total. The summed E-state index contributed by atoms with van der Waals surface area (Å²) in [7, 11) is 0. The van der Waals surface area contributed by atoms with Gasteiger partial charge in [0.2, 0.25) is 5.78 Å². The molecule has 1 aromatic heterocycles. The highest BCUT2D eigenvalue weighted by molar-refractivity contribution is 6.08. The summed E-state index contributed by atoms with van der Waals surface area (Å²) in [6.07, 6.45) is 1.67. The van der Waals surface area contributed by atoms with Crippen LogP contribution in [-0.2, 0) is 18.0 Å². The molecule has 0 bridgehead atoms. The minimum atomic E-state index is 0.0147. The molecule has 0 amide bonds. The Morgan fingerprint density at radius 2 is 2.05 bits per heavy atom. The first-order chi connectivity index (χ1) is 9.16. The quantitative estimate of drug-likeness (QED) is 0.793. The van der Waals surface area contributed by atoms with E-state index in [9.17, 15) is 4.79 Å². The lowest BCUT2D eigenvalue weighted by Gasteiger charge is -2.10. The van der Waals surface area contributed by atoms with Crippen molar-refractivity contribution >= 4 is 5.78 Å². The highest BCUT2D eigenvalue weighted by atomic mass is 16.5. The van der Waals surface area contributed by atoms with Crippen LogP contribution in [-0.4, -0.2) is 15.6 Å². The molecule has 98 valence electrons. The predicted octanol–water partition coefficient (Wildman–Crippen LogP) is 2.73. The molecule has 4 heteroatoms. The average Bonchev–Trinajstić information content (AvgIpc) is 3.05. The van der Waals surface area contributed by atoms with Gasteiger partial charge in [-0.05, 0) is 37.1 Å². The van der Waals surface area contributed by atoms with E-state index in [1.165, 1.54) is 5.56 Å². The van der Waals surface area contributed by atoms with Crippen LogP contribution in [0, 0.1) is 0 Å². The minimum absolute atomic E-state index is 0.0147. The topological polar surface area (TPSA) is 44.1 Å². The summed E-state index contributed by atoms with van der Waals surface area (Å²) >= 11 is 0. The summed E-state index contributed by atoms with van der Waals surface area (Å²) in [5.74, 6) is 0.0147. The van der Waals surface area contributed by atoms with Gasteiger partial charge in [-0.1, -0.05) is 12.1 Å². The van der Waals surface area contributed by atoms with Gasteiger partial charge in [-0.2, -0.15) is 5.10 Å². The van der Waals surface area contributed by atoms with Crippen LogP contribution in [0.1, 0.15) is 47.1 Å². The zero-order chi connectivity index (χ0) is 13.4. The number of carbonyl (C=O) groups is 1. The van der Waals surface area contributed by atoms with E-state index < -0.39 is 0 Å². The number of hydrogen-bond donors (Lipinski definition) is 0. The van der Waals surface area contributed by atoms with Crippen molar-refractivity contribution in [3.05, 3.63) is 52.8 Å². The maximum absolute atomic E-state index is 12.5. The Morgan fingerprint density at radius 3 is 2.84 bits per heavy atom. The van der Waals surface area contributed by atoms with E-state index in [0.717, 1.165) is 5.56 Å². The molecule has 0 aliphatic carbocycles.